The first-order valence-corrected chi connectivity index (χ1v) is 10.6. The summed E-state index contributed by atoms with van der Waals surface area (Å²) in [7, 11) is -3.27. The van der Waals surface area contributed by atoms with Gasteiger partial charge in [0.2, 0.25) is 0 Å². The van der Waals surface area contributed by atoms with Crippen LogP contribution in [0.2, 0.25) is 0 Å². The van der Waals surface area contributed by atoms with E-state index < -0.39 is 9.84 Å². The van der Waals surface area contributed by atoms with Crippen molar-refractivity contribution in [2.45, 2.75) is 4.90 Å². The van der Waals surface area contributed by atoms with Gasteiger partial charge in [-0.15, -0.1) is 0 Å². The molecule has 7 nitrogen and oxygen atoms in total. The molecule has 0 aliphatic rings. The summed E-state index contributed by atoms with van der Waals surface area (Å²) in [5.74, 6) is 0. The van der Waals surface area contributed by atoms with E-state index in [0.717, 1.165) is 21.3 Å². The van der Waals surface area contributed by atoms with Gasteiger partial charge in [-0.05, 0) is 35.4 Å². The fourth-order valence-electron chi connectivity index (χ4n) is 2.60. The number of carbonyl (C=O) groups excluding carboxylic acids is 1. The van der Waals surface area contributed by atoms with Crippen LogP contribution in [-0.4, -0.2) is 35.2 Å². The average molecular weight is 398 g/mol. The smallest absolute Gasteiger partial charge is 0.283 e. The topological polar surface area (TPSA) is 94.0 Å². The van der Waals surface area contributed by atoms with E-state index in [1.807, 2.05) is 24.3 Å². The fraction of sp³-hybridized carbons (Fsp3) is 0.0556. The van der Waals surface area contributed by atoms with Crippen LogP contribution in [0.1, 0.15) is 0 Å². The number of carbonyl (C=O) groups is 1. The first kappa shape index (κ1) is 17.4. The van der Waals surface area contributed by atoms with Crippen LogP contribution >= 0.6 is 11.3 Å². The molecule has 1 N–H and O–H groups in total. The van der Waals surface area contributed by atoms with Crippen molar-refractivity contribution in [3.05, 3.63) is 61.2 Å². The number of imidazole rings is 1. The zero-order valence-electron chi connectivity index (χ0n) is 14.2. The second kappa shape index (κ2) is 6.60. The molecule has 0 saturated heterocycles. The van der Waals surface area contributed by atoms with E-state index >= 15 is 0 Å². The molecule has 4 rings (SSSR count). The molecule has 0 aliphatic carbocycles. The van der Waals surface area contributed by atoms with Crippen molar-refractivity contribution in [3.63, 3.8) is 0 Å². The van der Waals surface area contributed by atoms with E-state index in [2.05, 4.69) is 15.3 Å². The molecule has 0 unspecified atom stereocenters. The van der Waals surface area contributed by atoms with Crippen LogP contribution in [0.5, 0.6) is 0 Å². The Hall–Kier alpha value is -3.04. The van der Waals surface area contributed by atoms with E-state index in [1.165, 1.54) is 34.7 Å². The molecular weight excluding hydrogens is 384 g/mol. The van der Waals surface area contributed by atoms with Crippen LogP contribution < -0.4 is 5.32 Å². The largest absolute Gasteiger partial charge is 0.333 e. The number of anilines is 1. The molecule has 27 heavy (non-hydrogen) atoms. The molecule has 9 heteroatoms. The Morgan fingerprint density at radius 2 is 1.96 bits per heavy atom. The fourth-order valence-corrected chi connectivity index (χ4v) is 4.16. The summed E-state index contributed by atoms with van der Waals surface area (Å²) in [5.41, 5.74) is 2.44. The van der Waals surface area contributed by atoms with Crippen molar-refractivity contribution in [2.24, 2.45) is 0 Å². The molecule has 0 spiro atoms. The van der Waals surface area contributed by atoms with Gasteiger partial charge < -0.3 is 0 Å². The van der Waals surface area contributed by atoms with Crippen LogP contribution in [-0.2, 0) is 9.84 Å². The monoisotopic (exact) mass is 398 g/mol. The van der Waals surface area contributed by atoms with Crippen LogP contribution in [0.25, 0.3) is 21.3 Å². The highest BCUT2D eigenvalue weighted by atomic mass is 32.2. The van der Waals surface area contributed by atoms with Crippen molar-refractivity contribution < 1.29 is 13.2 Å². The summed E-state index contributed by atoms with van der Waals surface area (Å²) in [4.78, 5) is 20.6. The van der Waals surface area contributed by atoms with Gasteiger partial charge in [-0.1, -0.05) is 29.5 Å². The number of thiazole rings is 1. The van der Waals surface area contributed by atoms with E-state index in [1.54, 1.807) is 24.4 Å². The van der Waals surface area contributed by atoms with Crippen molar-refractivity contribution in [1.29, 1.82) is 0 Å². The van der Waals surface area contributed by atoms with Gasteiger partial charge >= 0.3 is 6.03 Å². The van der Waals surface area contributed by atoms with Gasteiger partial charge in [-0.2, -0.15) is 0 Å². The molecule has 2 aromatic carbocycles. The predicted octanol–water partition coefficient (Wildman–Crippen LogP) is 3.64. The van der Waals surface area contributed by atoms with Crippen LogP contribution in [0.4, 0.5) is 9.93 Å². The number of fused-ring (bicyclic) bond motifs is 1. The summed E-state index contributed by atoms with van der Waals surface area (Å²) >= 11 is 1.35. The summed E-state index contributed by atoms with van der Waals surface area (Å²) in [6, 6.07) is 12.1. The normalized spacial score (nSPS) is 11.6. The molecule has 136 valence electrons. The molecule has 1 amide bonds. The van der Waals surface area contributed by atoms with E-state index in [0.29, 0.717) is 5.13 Å². The van der Waals surface area contributed by atoms with Gasteiger partial charge in [-0.25, -0.2) is 23.2 Å². The first-order chi connectivity index (χ1) is 12.9. The van der Waals surface area contributed by atoms with Crippen molar-refractivity contribution >= 4 is 42.6 Å². The zero-order chi connectivity index (χ0) is 19.0. The van der Waals surface area contributed by atoms with Gasteiger partial charge in [0.05, 0.1) is 15.1 Å². The molecule has 0 fully saturated rings. The summed E-state index contributed by atoms with van der Waals surface area (Å²) in [6.07, 6.45) is 5.67. The minimum Gasteiger partial charge on any atom is -0.283 e. The number of amides is 1. The minimum absolute atomic E-state index is 0.276. The molecule has 0 atom stereocenters. The van der Waals surface area contributed by atoms with Crippen LogP contribution in [0.3, 0.4) is 0 Å². The predicted molar refractivity (Wildman–Crippen MR) is 105 cm³/mol. The number of nitrogens with zero attached hydrogens (tertiary/aromatic N) is 3. The van der Waals surface area contributed by atoms with Crippen LogP contribution in [0.15, 0.2) is 66.1 Å². The second-order valence-corrected chi connectivity index (χ2v) is 8.95. The highest BCUT2D eigenvalue weighted by molar-refractivity contribution is 7.90. The summed E-state index contributed by atoms with van der Waals surface area (Å²) < 4.78 is 25.8. The Morgan fingerprint density at radius 1 is 1.15 bits per heavy atom. The van der Waals surface area contributed by atoms with Gasteiger partial charge in [0.1, 0.15) is 6.33 Å². The molecule has 0 radical (unpaired) electrons. The minimum atomic E-state index is -3.27. The van der Waals surface area contributed by atoms with Gasteiger partial charge in [0.25, 0.3) is 0 Å². The van der Waals surface area contributed by atoms with Gasteiger partial charge in [-0.3, -0.25) is 9.88 Å². The summed E-state index contributed by atoms with van der Waals surface area (Å²) in [6.45, 7) is 0. The Bertz CT molecular complexity index is 1240. The Kier molecular flexibility index (Phi) is 4.25. The molecule has 4 aromatic rings. The number of nitrogens with one attached hydrogen (secondary N) is 1. The maximum Gasteiger partial charge on any atom is 0.333 e. The first-order valence-electron chi connectivity index (χ1n) is 7.90. The average Bonchev–Trinajstić information content (AvgIpc) is 3.30. The lowest BCUT2D eigenvalue weighted by atomic mass is 10.1. The summed E-state index contributed by atoms with van der Waals surface area (Å²) in [5, 5.41) is 3.21. The van der Waals surface area contributed by atoms with E-state index in [4.69, 9.17) is 0 Å². The lowest BCUT2D eigenvalue weighted by Gasteiger charge is -2.04. The van der Waals surface area contributed by atoms with Gasteiger partial charge in [0.15, 0.2) is 15.0 Å². The standard InChI is InChI=1S/C18H14N4O3S2/c1-27(24,25)14-4-2-3-12(9-14)13-5-6-15-16(10-13)26-17(20-15)21-18(23)22-8-7-19-11-22/h2-11H,1H3,(H,20,21,23). The molecule has 0 aliphatic heterocycles. The Labute approximate surface area is 159 Å². The van der Waals surface area contributed by atoms with Crippen molar-refractivity contribution in [1.82, 2.24) is 14.5 Å². The molecule has 2 heterocycles. The number of rotatable bonds is 3. The lowest BCUT2D eigenvalue weighted by molar-refractivity contribution is 0.253. The third-order valence-electron chi connectivity index (χ3n) is 3.94. The number of benzene rings is 2. The third kappa shape index (κ3) is 3.60. The maximum absolute atomic E-state index is 12.1. The molecule has 0 saturated carbocycles. The van der Waals surface area contributed by atoms with Crippen LogP contribution in [0, 0.1) is 0 Å². The number of hydrogen-bond acceptors (Lipinski definition) is 6. The number of sulfone groups is 1. The second-order valence-electron chi connectivity index (χ2n) is 5.90. The Morgan fingerprint density at radius 3 is 2.70 bits per heavy atom. The molecular formula is C18H14N4O3S2. The van der Waals surface area contributed by atoms with E-state index in [9.17, 15) is 13.2 Å². The molecule has 2 aromatic heterocycles. The SMILES string of the molecule is CS(=O)(=O)c1cccc(-c2ccc3nc(NC(=O)n4ccnc4)sc3c2)c1. The van der Waals surface area contributed by atoms with Crippen molar-refractivity contribution in [3.8, 4) is 11.1 Å². The highest BCUT2D eigenvalue weighted by Crippen LogP contribution is 2.31. The van der Waals surface area contributed by atoms with Gasteiger partial charge in [0, 0.05) is 18.6 Å². The lowest BCUT2D eigenvalue weighted by Crippen LogP contribution is -2.17. The molecule has 0 bridgehead atoms. The Balaban J connectivity index is 1.66. The number of aromatic nitrogens is 3. The highest BCUT2D eigenvalue weighted by Gasteiger charge is 2.12. The van der Waals surface area contributed by atoms with E-state index in [-0.39, 0.29) is 10.9 Å². The zero-order valence-corrected chi connectivity index (χ0v) is 15.8. The third-order valence-corrected chi connectivity index (χ3v) is 5.98. The maximum atomic E-state index is 12.1. The van der Waals surface area contributed by atoms with Crippen molar-refractivity contribution in [2.75, 3.05) is 11.6 Å². The number of hydrogen-bond donors (Lipinski definition) is 1. The quantitative estimate of drug-likeness (QED) is 0.569.